The van der Waals surface area contributed by atoms with Crippen LogP contribution in [-0.4, -0.2) is 64.2 Å². The lowest BCUT2D eigenvalue weighted by Gasteiger charge is -2.26. The van der Waals surface area contributed by atoms with Crippen LogP contribution in [0.5, 0.6) is 5.88 Å². The summed E-state index contributed by atoms with van der Waals surface area (Å²) in [5.41, 5.74) is 2.36. The van der Waals surface area contributed by atoms with E-state index < -0.39 is 6.10 Å². The Bertz CT molecular complexity index is 683. The Labute approximate surface area is 148 Å². The van der Waals surface area contributed by atoms with E-state index in [9.17, 15) is 5.11 Å². The first kappa shape index (κ1) is 17.8. The minimum Gasteiger partial charge on any atom is -0.476 e. The SMILES string of the molecule is CCc1nn(C)cc1C(O)c1cccnc1OCCN1CCOCC1. The molecule has 1 aliphatic rings. The number of hydrogen-bond donors (Lipinski definition) is 1. The summed E-state index contributed by atoms with van der Waals surface area (Å²) in [6, 6.07) is 3.67. The van der Waals surface area contributed by atoms with Gasteiger partial charge < -0.3 is 14.6 Å². The number of aryl methyl sites for hydroxylation is 2. The molecule has 0 aliphatic carbocycles. The van der Waals surface area contributed by atoms with Crippen LogP contribution in [0.25, 0.3) is 0 Å². The third kappa shape index (κ3) is 4.36. The Hall–Kier alpha value is -1.96. The molecule has 1 N–H and O–H groups in total. The summed E-state index contributed by atoms with van der Waals surface area (Å²) in [5, 5.41) is 15.3. The van der Waals surface area contributed by atoms with Crippen molar-refractivity contribution in [1.29, 1.82) is 0 Å². The van der Waals surface area contributed by atoms with Crippen molar-refractivity contribution in [2.75, 3.05) is 39.5 Å². The molecule has 1 atom stereocenters. The minimum absolute atomic E-state index is 0.481. The molecule has 3 rings (SSSR count). The van der Waals surface area contributed by atoms with Gasteiger partial charge in [0.25, 0.3) is 0 Å². The summed E-state index contributed by atoms with van der Waals surface area (Å²) in [7, 11) is 1.86. The van der Waals surface area contributed by atoms with Gasteiger partial charge >= 0.3 is 0 Å². The van der Waals surface area contributed by atoms with Crippen LogP contribution in [0, 0.1) is 0 Å². The standard InChI is InChI=1S/C18H26N4O3/c1-3-16-15(13-21(2)20-16)17(23)14-5-4-6-19-18(14)25-12-9-22-7-10-24-11-8-22/h4-6,13,17,23H,3,7-12H2,1-2H3. The van der Waals surface area contributed by atoms with Crippen LogP contribution in [0.4, 0.5) is 0 Å². The Balaban J connectivity index is 1.69. The Morgan fingerprint density at radius 1 is 1.32 bits per heavy atom. The first-order valence-electron chi connectivity index (χ1n) is 8.77. The van der Waals surface area contributed by atoms with E-state index in [4.69, 9.17) is 9.47 Å². The zero-order valence-electron chi connectivity index (χ0n) is 14.9. The van der Waals surface area contributed by atoms with E-state index >= 15 is 0 Å². The molecular weight excluding hydrogens is 320 g/mol. The van der Waals surface area contributed by atoms with Gasteiger partial charge in [0.1, 0.15) is 12.7 Å². The van der Waals surface area contributed by atoms with E-state index in [2.05, 4.69) is 15.0 Å². The van der Waals surface area contributed by atoms with Crippen molar-refractivity contribution in [3.05, 3.63) is 41.3 Å². The molecule has 3 heterocycles. The van der Waals surface area contributed by atoms with Gasteiger partial charge in [-0.2, -0.15) is 5.10 Å². The number of aliphatic hydroxyl groups excluding tert-OH is 1. The summed E-state index contributed by atoms with van der Waals surface area (Å²) < 4.78 is 13.0. The molecule has 7 nitrogen and oxygen atoms in total. The predicted molar refractivity (Wildman–Crippen MR) is 93.6 cm³/mol. The maximum absolute atomic E-state index is 10.8. The zero-order chi connectivity index (χ0) is 17.6. The molecule has 1 saturated heterocycles. The van der Waals surface area contributed by atoms with Crippen LogP contribution in [0.1, 0.15) is 29.8 Å². The first-order valence-corrected chi connectivity index (χ1v) is 8.77. The van der Waals surface area contributed by atoms with Gasteiger partial charge in [-0.15, -0.1) is 0 Å². The van der Waals surface area contributed by atoms with Crippen LogP contribution in [-0.2, 0) is 18.2 Å². The number of pyridine rings is 1. The molecule has 1 aliphatic heterocycles. The summed E-state index contributed by atoms with van der Waals surface area (Å²) in [6.45, 7) is 6.78. The predicted octanol–water partition coefficient (Wildman–Crippen LogP) is 1.17. The second-order valence-corrected chi connectivity index (χ2v) is 6.16. The highest BCUT2D eigenvalue weighted by molar-refractivity contribution is 5.36. The maximum Gasteiger partial charge on any atom is 0.219 e. The lowest BCUT2D eigenvalue weighted by molar-refractivity contribution is 0.0318. The van der Waals surface area contributed by atoms with Crippen molar-refractivity contribution in [3.63, 3.8) is 0 Å². The summed E-state index contributed by atoms with van der Waals surface area (Å²) in [4.78, 5) is 6.62. The van der Waals surface area contributed by atoms with E-state index in [1.165, 1.54) is 0 Å². The van der Waals surface area contributed by atoms with Crippen LogP contribution in [0.2, 0.25) is 0 Å². The van der Waals surface area contributed by atoms with E-state index in [1.807, 2.05) is 32.3 Å². The van der Waals surface area contributed by atoms with Crippen molar-refractivity contribution in [2.45, 2.75) is 19.4 Å². The van der Waals surface area contributed by atoms with Crippen molar-refractivity contribution < 1.29 is 14.6 Å². The van der Waals surface area contributed by atoms with Crippen LogP contribution in [0.3, 0.4) is 0 Å². The molecule has 0 radical (unpaired) electrons. The number of rotatable bonds is 7. The van der Waals surface area contributed by atoms with Crippen LogP contribution >= 0.6 is 0 Å². The highest BCUT2D eigenvalue weighted by atomic mass is 16.5. The van der Waals surface area contributed by atoms with Crippen LogP contribution < -0.4 is 4.74 Å². The number of morpholine rings is 1. The normalized spacial score (nSPS) is 16.8. The fourth-order valence-electron chi connectivity index (χ4n) is 3.05. The summed E-state index contributed by atoms with van der Waals surface area (Å²) in [5.74, 6) is 0.481. The van der Waals surface area contributed by atoms with Gasteiger partial charge in [0.05, 0.1) is 18.9 Å². The summed E-state index contributed by atoms with van der Waals surface area (Å²) in [6.07, 6.45) is 3.51. The Morgan fingerprint density at radius 2 is 2.12 bits per heavy atom. The number of aromatic nitrogens is 3. The van der Waals surface area contributed by atoms with Crippen molar-refractivity contribution >= 4 is 0 Å². The molecule has 0 spiro atoms. The van der Waals surface area contributed by atoms with Crippen molar-refractivity contribution in [1.82, 2.24) is 19.7 Å². The molecule has 7 heteroatoms. The molecule has 2 aromatic heterocycles. The molecule has 0 amide bonds. The molecule has 2 aromatic rings. The molecule has 1 fully saturated rings. The number of nitrogens with zero attached hydrogens (tertiary/aromatic N) is 4. The maximum atomic E-state index is 10.8. The average molecular weight is 346 g/mol. The molecule has 0 aromatic carbocycles. The zero-order valence-corrected chi connectivity index (χ0v) is 14.9. The molecular formula is C18H26N4O3. The number of aliphatic hydroxyl groups is 1. The lowest BCUT2D eigenvalue weighted by atomic mass is 10.0. The highest BCUT2D eigenvalue weighted by Gasteiger charge is 2.21. The van der Waals surface area contributed by atoms with E-state index in [1.54, 1.807) is 10.9 Å². The molecule has 136 valence electrons. The lowest BCUT2D eigenvalue weighted by Crippen LogP contribution is -2.38. The monoisotopic (exact) mass is 346 g/mol. The molecule has 0 bridgehead atoms. The highest BCUT2D eigenvalue weighted by Crippen LogP contribution is 2.30. The topological polar surface area (TPSA) is 72.6 Å². The molecule has 25 heavy (non-hydrogen) atoms. The van der Waals surface area contributed by atoms with Gasteiger partial charge in [-0.3, -0.25) is 9.58 Å². The number of ether oxygens (including phenoxy) is 2. The quantitative estimate of drug-likeness (QED) is 0.811. The smallest absolute Gasteiger partial charge is 0.219 e. The third-order valence-electron chi connectivity index (χ3n) is 4.41. The molecule has 1 unspecified atom stereocenters. The minimum atomic E-state index is -0.796. The van der Waals surface area contributed by atoms with Gasteiger partial charge in [0.2, 0.25) is 5.88 Å². The molecule has 0 saturated carbocycles. The van der Waals surface area contributed by atoms with Gasteiger partial charge in [0, 0.05) is 50.2 Å². The van der Waals surface area contributed by atoms with Gasteiger partial charge in [-0.1, -0.05) is 6.92 Å². The second-order valence-electron chi connectivity index (χ2n) is 6.16. The van der Waals surface area contributed by atoms with E-state index in [0.29, 0.717) is 18.1 Å². The van der Waals surface area contributed by atoms with E-state index in [0.717, 1.165) is 50.5 Å². The van der Waals surface area contributed by atoms with E-state index in [-0.39, 0.29) is 0 Å². The van der Waals surface area contributed by atoms with Gasteiger partial charge in [-0.05, 0) is 18.6 Å². The second kappa shape index (κ2) is 8.42. The van der Waals surface area contributed by atoms with Gasteiger partial charge in [-0.25, -0.2) is 4.98 Å². The first-order chi connectivity index (χ1) is 12.2. The average Bonchev–Trinajstić information content (AvgIpc) is 3.03. The number of hydrogen-bond acceptors (Lipinski definition) is 6. The fourth-order valence-corrected chi connectivity index (χ4v) is 3.05. The van der Waals surface area contributed by atoms with Crippen molar-refractivity contribution in [2.24, 2.45) is 7.05 Å². The Morgan fingerprint density at radius 3 is 2.88 bits per heavy atom. The largest absolute Gasteiger partial charge is 0.476 e. The fraction of sp³-hybridized carbons (Fsp3) is 0.556. The van der Waals surface area contributed by atoms with Crippen molar-refractivity contribution in [3.8, 4) is 5.88 Å². The van der Waals surface area contributed by atoms with Crippen LogP contribution in [0.15, 0.2) is 24.5 Å². The summed E-state index contributed by atoms with van der Waals surface area (Å²) >= 11 is 0. The third-order valence-corrected chi connectivity index (χ3v) is 4.41. The Kier molecular flexibility index (Phi) is 6.01. The van der Waals surface area contributed by atoms with Gasteiger partial charge in [0.15, 0.2) is 0 Å².